The zero-order valence-corrected chi connectivity index (χ0v) is 16.5. The molecule has 30 heavy (non-hydrogen) atoms. The van der Waals surface area contributed by atoms with Crippen LogP contribution in [0.15, 0.2) is 65.6 Å². The molecule has 1 aromatic carbocycles. The Morgan fingerprint density at radius 2 is 1.83 bits per heavy atom. The van der Waals surface area contributed by atoms with Gasteiger partial charge in [-0.15, -0.1) is 0 Å². The quantitative estimate of drug-likeness (QED) is 0.650. The third-order valence-electron chi connectivity index (χ3n) is 4.85. The fraction of sp³-hybridized carbons (Fsp3) is 0.273. The molecule has 2 aromatic heterocycles. The highest BCUT2D eigenvalue weighted by atomic mass is 16.5. The number of rotatable bonds is 7. The molecule has 1 amide bonds. The van der Waals surface area contributed by atoms with Gasteiger partial charge < -0.3 is 15.0 Å². The molecule has 0 unspecified atom stereocenters. The highest BCUT2D eigenvalue weighted by Gasteiger charge is 2.19. The van der Waals surface area contributed by atoms with Crippen molar-refractivity contribution in [1.82, 2.24) is 14.8 Å². The van der Waals surface area contributed by atoms with Crippen LogP contribution in [0, 0.1) is 0 Å². The van der Waals surface area contributed by atoms with E-state index in [9.17, 15) is 9.59 Å². The van der Waals surface area contributed by atoms with Gasteiger partial charge in [0, 0.05) is 25.4 Å². The number of benzene rings is 1. The van der Waals surface area contributed by atoms with Gasteiger partial charge in [0.2, 0.25) is 0 Å². The molecule has 4 rings (SSSR count). The van der Waals surface area contributed by atoms with Crippen molar-refractivity contribution in [2.24, 2.45) is 0 Å². The SMILES string of the molecule is O=C(Nc1cccnc1N1CCCC1)c1ccc(=O)n(CCOc2ccccc2)n1. The Kier molecular flexibility index (Phi) is 6.03. The number of hydrogen-bond donors (Lipinski definition) is 1. The summed E-state index contributed by atoms with van der Waals surface area (Å²) in [5, 5.41) is 7.08. The van der Waals surface area contributed by atoms with E-state index >= 15 is 0 Å². The zero-order valence-electron chi connectivity index (χ0n) is 16.5. The Morgan fingerprint density at radius 3 is 2.63 bits per heavy atom. The number of amides is 1. The number of anilines is 2. The van der Waals surface area contributed by atoms with Gasteiger partial charge in [-0.2, -0.15) is 5.10 Å². The van der Waals surface area contributed by atoms with E-state index in [1.54, 1.807) is 12.3 Å². The molecule has 0 radical (unpaired) electrons. The van der Waals surface area contributed by atoms with E-state index in [1.165, 1.54) is 16.8 Å². The molecular weight excluding hydrogens is 382 g/mol. The van der Waals surface area contributed by atoms with Gasteiger partial charge in [-0.05, 0) is 43.2 Å². The zero-order chi connectivity index (χ0) is 20.8. The van der Waals surface area contributed by atoms with Crippen molar-refractivity contribution in [3.63, 3.8) is 0 Å². The maximum Gasteiger partial charge on any atom is 0.276 e. The van der Waals surface area contributed by atoms with Gasteiger partial charge in [0.1, 0.15) is 18.1 Å². The Hall–Kier alpha value is -3.68. The lowest BCUT2D eigenvalue weighted by molar-refractivity contribution is 0.101. The number of nitrogens with one attached hydrogen (secondary N) is 1. The van der Waals surface area contributed by atoms with E-state index in [0.717, 1.165) is 31.7 Å². The third-order valence-corrected chi connectivity index (χ3v) is 4.85. The van der Waals surface area contributed by atoms with Crippen molar-refractivity contribution in [2.45, 2.75) is 19.4 Å². The summed E-state index contributed by atoms with van der Waals surface area (Å²) < 4.78 is 6.86. The largest absolute Gasteiger partial charge is 0.492 e. The van der Waals surface area contributed by atoms with E-state index in [-0.39, 0.29) is 30.3 Å². The molecule has 1 saturated heterocycles. The third kappa shape index (κ3) is 4.65. The van der Waals surface area contributed by atoms with Crippen LogP contribution in [0.3, 0.4) is 0 Å². The van der Waals surface area contributed by atoms with Gasteiger partial charge in [-0.1, -0.05) is 18.2 Å². The van der Waals surface area contributed by atoms with Crippen molar-refractivity contribution >= 4 is 17.4 Å². The van der Waals surface area contributed by atoms with Crippen LogP contribution in [0.4, 0.5) is 11.5 Å². The molecule has 1 aliphatic rings. The van der Waals surface area contributed by atoms with Crippen LogP contribution in [0.1, 0.15) is 23.3 Å². The monoisotopic (exact) mass is 405 g/mol. The van der Waals surface area contributed by atoms with Gasteiger partial charge in [0.15, 0.2) is 5.82 Å². The Bertz CT molecular complexity index is 1060. The minimum Gasteiger partial charge on any atom is -0.492 e. The van der Waals surface area contributed by atoms with Crippen molar-refractivity contribution < 1.29 is 9.53 Å². The molecule has 8 nitrogen and oxygen atoms in total. The number of carbonyl (C=O) groups is 1. The molecule has 0 bridgehead atoms. The molecule has 154 valence electrons. The lowest BCUT2D eigenvalue weighted by Gasteiger charge is -2.19. The first-order valence-electron chi connectivity index (χ1n) is 9.98. The molecule has 0 saturated carbocycles. The maximum absolute atomic E-state index is 12.8. The number of pyridine rings is 1. The van der Waals surface area contributed by atoms with E-state index in [4.69, 9.17) is 4.74 Å². The molecular formula is C22H23N5O3. The van der Waals surface area contributed by atoms with Gasteiger partial charge in [0.25, 0.3) is 11.5 Å². The summed E-state index contributed by atoms with van der Waals surface area (Å²) in [6, 6.07) is 15.7. The summed E-state index contributed by atoms with van der Waals surface area (Å²) >= 11 is 0. The summed E-state index contributed by atoms with van der Waals surface area (Å²) in [6.07, 6.45) is 3.94. The first kappa shape index (κ1) is 19.6. The second-order valence-electron chi connectivity index (χ2n) is 6.96. The van der Waals surface area contributed by atoms with E-state index in [2.05, 4.69) is 20.3 Å². The lowest BCUT2D eigenvalue weighted by atomic mass is 10.3. The highest BCUT2D eigenvalue weighted by Crippen LogP contribution is 2.26. The van der Waals surface area contributed by atoms with Crippen LogP contribution in [0.25, 0.3) is 0 Å². The topological polar surface area (TPSA) is 89.4 Å². The number of hydrogen-bond acceptors (Lipinski definition) is 6. The first-order valence-corrected chi connectivity index (χ1v) is 9.98. The number of carbonyl (C=O) groups excluding carboxylic acids is 1. The summed E-state index contributed by atoms with van der Waals surface area (Å²) in [4.78, 5) is 31.5. The van der Waals surface area contributed by atoms with Gasteiger partial charge in [0.05, 0.1) is 12.2 Å². The van der Waals surface area contributed by atoms with Gasteiger partial charge in [-0.25, -0.2) is 9.67 Å². The van der Waals surface area contributed by atoms with E-state index < -0.39 is 0 Å². The van der Waals surface area contributed by atoms with Crippen LogP contribution >= 0.6 is 0 Å². The number of ether oxygens (including phenoxy) is 1. The Labute approximate surface area is 174 Å². The van der Waals surface area contributed by atoms with Crippen molar-refractivity contribution in [3.05, 3.63) is 76.8 Å². The van der Waals surface area contributed by atoms with Crippen molar-refractivity contribution in [3.8, 4) is 5.75 Å². The Balaban J connectivity index is 1.45. The second kappa shape index (κ2) is 9.21. The average Bonchev–Trinajstić information content (AvgIpc) is 3.31. The van der Waals surface area contributed by atoms with Crippen LogP contribution < -0.4 is 20.5 Å². The molecule has 3 aromatic rings. The molecule has 1 N–H and O–H groups in total. The molecule has 0 spiro atoms. The van der Waals surface area contributed by atoms with Gasteiger partial charge in [-0.3, -0.25) is 9.59 Å². The summed E-state index contributed by atoms with van der Waals surface area (Å²) in [7, 11) is 0. The van der Waals surface area contributed by atoms with Crippen molar-refractivity contribution in [1.29, 1.82) is 0 Å². The molecule has 8 heteroatoms. The summed E-state index contributed by atoms with van der Waals surface area (Å²) in [5.41, 5.74) is 0.504. The molecule has 1 fully saturated rings. The predicted molar refractivity (Wildman–Crippen MR) is 114 cm³/mol. The fourth-order valence-corrected chi connectivity index (χ4v) is 3.36. The highest BCUT2D eigenvalue weighted by molar-refractivity contribution is 6.04. The van der Waals surface area contributed by atoms with Crippen LogP contribution in [-0.2, 0) is 6.54 Å². The lowest BCUT2D eigenvalue weighted by Crippen LogP contribution is -2.28. The van der Waals surface area contributed by atoms with Gasteiger partial charge >= 0.3 is 0 Å². The van der Waals surface area contributed by atoms with Crippen LogP contribution in [-0.4, -0.2) is 40.4 Å². The minimum atomic E-state index is -0.388. The minimum absolute atomic E-state index is 0.158. The van der Waals surface area contributed by atoms with E-state index in [1.807, 2.05) is 36.4 Å². The number of nitrogens with zero attached hydrogens (tertiary/aromatic N) is 4. The standard InChI is InChI=1S/C22H23N5O3/c28-20-11-10-19(25-27(20)15-16-30-17-7-2-1-3-8-17)22(29)24-18-9-6-12-23-21(18)26-13-4-5-14-26/h1-3,6-12H,4-5,13-16H2,(H,24,29). The number of para-hydroxylation sites is 1. The van der Waals surface area contributed by atoms with Crippen molar-refractivity contribution in [2.75, 3.05) is 29.9 Å². The Morgan fingerprint density at radius 1 is 1.03 bits per heavy atom. The first-order chi connectivity index (χ1) is 14.7. The van der Waals surface area contributed by atoms with Crippen LogP contribution in [0.2, 0.25) is 0 Å². The summed E-state index contributed by atoms with van der Waals surface area (Å²) in [5.74, 6) is 1.08. The maximum atomic E-state index is 12.8. The van der Waals surface area contributed by atoms with Crippen LogP contribution in [0.5, 0.6) is 5.75 Å². The van der Waals surface area contributed by atoms with E-state index in [0.29, 0.717) is 11.4 Å². The number of aromatic nitrogens is 3. The fourth-order valence-electron chi connectivity index (χ4n) is 3.36. The smallest absolute Gasteiger partial charge is 0.276 e. The molecule has 0 aliphatic carbocycles. The average molecular weight is 405 g/mol. The molecule has 0 atom stereocenters. The molecule has 3 heterocycles. The second-order valence-corrected chi connectivity index (χ2v) is 6.96. The summed E-state index contributed by atoms with van der Waals surface area (Å²) in [6.45, 7) is 2.35. The normalized spacial score (nSPS) is 13.3. The predicted octanol–water partition coefficient (Wildman–Crippen LogP) is 2.57. The molecule has 1 aliphatic heterocycles.